The highest BCUT2D eigenvalue weighted by molar-refractivity contribution is 7.80. The number of hydrogen-bond donors (Lipinski definition) is 1. The van der Waals surface area contributed by atoms with Crippen molar-refractivity contribution >= 4 is 46.1 Å². The Morgan fingerprint density at radius 3 is 2.50 bits per heavy atom. The number of aromatic nitrogens is 1. The van der Waals surface area contributed by atoms with Gasteiger partial charge in [0.15, 0.2) is 0 Å². The molecule has 3 aromatic rings. The van der Waals surface area contributed by atoms with E-state index in [1.807, 2.05) is 24.3 Å². The summed E-state index contributed by atoms with van der Waals surface area (Å²) < 4.78 is 43.2. The van der Waals surface area contributed by atoms with Crippen LogP contribution in [0.4, 0.5) is 13.2 Å². The predicted molar refractivity (Wildman–Crippen MR) is 138 cm³/mol. The van der Waals surface area contributed by atoms with Crippen LogP contribution in [0.5, 0.6) is 0 Å². The fraction of sp³-hybridized carbons (Fsp3) is 0.269. The fourth-order valence-corrected chi connectivity index (χ4v) is 5.58. The Kier molecular flexibility index (Phi) is 6.70. The highest BCUT2D eigenvalue weighted by atomic mass is 35.5. The van der Waals surface area contributed by atoms with Crippen LogP contribution in [0.15, 0.2) is 59.9 Å². The lowest BCUT2D eigenvalue weighted by Crippen LogP contribution is -2.42. The molecular formula is C26H20Cl2F3N3OS. The van der Waals surface area contributed by atoms with Crippen LogP contribution in [-0.4, -0.2) is 21.9 Å². The first-order valence-electron chi connectivity index (χ1n) is 11.3. The highest BCUT2D eigenvalue weighted by Gasteiger charge is 2.62. The average Bonchev–Trinajstić information content (AvgIpc) is 3.50. The molecule has 2 aliphatic rings. The molecule has 2 aromatic carbocycles. The van der Waals surface area contributed by atoms with E-state index in [0.29, 0.717) is 17.1 Å². The van der Waals surface area contributed by atoms with Crippen molar-refractivity contribution in [1.82, 2.24) is 10.3 Å². The maximum Gasteiger partial charge on any atom is 0.435 e. The van der Waals surface area contributed by atoms with Gasteiger partial charge in [-0.15, -0.1) is 0 Å². The number of nitrogens with zero attached hydrogens (tertiary/aromatic N) is 2. The number of pyridine rings is 1. The molecule has 0 saturated carbocycles. The van der Waals surface area contributed by atoms with E-state index in [1.165, 1.54) is 18.2 Å². The van der Waals surface area contributed by atoms with E-state index in [1.54, 1.807) is 12.3 Å². The van der Waals surface area contributed by atoms with Gasteiger partial charge in [0, 0.05) is 39.4 Å². The molecule has 0 saturated heterocycles. The summed E-state index contributed by atoms with van der Waals surface area (Å²) in [7, 11) is 0. The van der Waals surface area contributed by atoms with E-state index in [0.717, 1.165) is 41.6 Å². The zero-order chi connectivity index (χ0) is 25.5. The Hall–Kier alpha value is -2.68. The Bertz CT molecular complexity index is 1340. The fourth-order valence-electron chi connectivity index (χ4n) is 4.79. The standard InChI is InChI=1S/C26H20Cl2F3N3OS/c27-16-10-15(11-17(28)12-16)25(26(29,30)31)13-23(34-35-25)21-7-8-22(20-6-3-5-19(20)21)24(36)33-14-18-4-1-2-9-32-18/h1-2,4,7-12H,3,5-6,13-14H2,(H,33,36). The maximum absolute atomic E-state index is 14.4. The molecule has 4 nitrogen and oxygen atoms in total. The summed E-state index contributed by atoms with van der Waals surface area (Å²) in [6.45, 7) is 0.479. The van der Waals surface area contributed by atoms with E-state index < -0.39 is 18.2 Å². The Morgan fingerprint density at radius 2 is 1.81 bits per heavy atom. The molecule has 0 fully saturated rings. The van der Waals surface area contributed by atoms with Crippen molar-refractivity contribution in [2.24, 2.45) is 5.16 Å². The molecule has 0 bridgehead atoms. The summed E-state index contributed by atoms with van der Waals surface area (Å²) in [4.78, 5) is 10.1. The molecular weight excluding hydrogens is 530 g/mol. The van der Waals surface area contributed by atoms with E-state index in [-0.39, 0.29) is 21.3 Å². The summed E-state index contributed by atoms with van der Waals surface area (Å²) in [6.07, 6.45) is -1.12. The monoisotopic (exact) mass is 549 g/mol. The van der Waals surface area contributed by atoms with Crippen LogP contribution in [0, 0.1) is 0 Å². The third-order valence-electron chi connectivity index (χ3n) is 6.51. The number of nitrogens with one attached hydrogen (secondary N) is 1. The molecule has 0 amide bonds. The number of thiocarbonyl (C=S) groups is 1. The first-order valence-corrected chi connectivity index (χ1v) is 12.5. The first kappa shape index (κ1) is 25.0. The number of benzene rings is 2. The minimum Gasteiger partial charge on any atom is -0.374 e. The summed E-state index contributed by atoms with van der Waals surface area (Å²) in [5.41, 5.74) is 1.76. The molecule has 1 atom stereocenters. The molecule has 0 spiro atoms. The quantitative estimate of drug-likeness (QED) is 0.351. The van der Waals surface area contributed by atoms with Crippen LogP contribution < -0.4 is 5.32 Å². The van der Waals surface area contributed by atoms with Crippen molar-refractivity contribution in [3.63, 3.8) is 0 Å². The predicted octanol–water partition coefficient (Wildman–Crippen LogP) is 6.92. The Labute approximate surface area is 221 Å². The van der Waals surface area contributed by atoms with Crippen molar-refractivity contribution in [2.75, 3.05) is 0 Å². The lowest BCUT2D eigenvalue weighted by Gasteiger charge is -2.29. The molecule has 186 valence electrons. The minimum atomic E-state index is -4.74. The zero-order valence-corrected chi connectivity index (χ0v) is 21.2. The van der Waals surface area contributed by atoms with Gasteiger partial charge in [0.1, 0.15) is 4.99 Å². The zero-order valence-electron chi connectivity index (χ0n) is 18.8. The number of rotatable bonds is 5. The molecule has 1 aliphatic heterocycles. The lowest BCUT2D eigenvalue weighted by molar-refractivity contribution is -0.275. The summed E-state index contributed by atoms with van der Waals surface area (Å²) >= 11 is 17.7. The number of oxime groups is 1. The second kappa shape index (κ2) is 9.65. The van der Waals surface area contributed by atoms with Gasteiger partial charge in [-0.3, -0.25) is 4.98 Å². The summed E-state index contributed by atoms with van der Waals surface area (Å²) in [6, 6.07) is 13.1. The van der Waals surface area contributed by atoms with Crippen LogP contribution in [0.2, 0.25) is 10.0 Å². The van der Waals surface area contributed by atoms with E-state index in [2.05, 4.69) is 15.5 Å². The number of alkyl halides is 3. The molecule has 0 radical (unpaired) electrons. The largest absolute Gasteiger partial charge is 0.435 e. The van der Waals surface area contributed by atoms with Crippen molar-refractivity contribution in [1.29, 1.82) is 0 Å². The van der Waals surface area contributed by atoms with Gasteiger partial charge >= 0.3 is 6.18 Å². The minimum absolute atomic E-state index is 0.0927. The van der Waals surface area contributed by atoms with Gasteiger partial charge in [-0.25, -0.2) is 0 Å². The van der Waals surface area contributed by atoms with Crippen LogP contribution in [0.3, 0.4) is 0 Å². The van der Waals surface area contributed by atoms with Gasteiger partial charge in [0.2, 0.25) is 0 Å². The van der Waals surface area contributed by atoms with E-state index in [4.69, 9.17) is 40.3 Å². The van der Waals surface area contributed by atoms with Crippen molar-refractivity contribution in [3.8, 4) is 0 Å². The summed E-state index contributed by atoms with van der Waals surface area (Å²) in [5.74, 6) is 0. The smallest absolute Gasteiger partial charge is 0.374 e. The van der Waals surface area contributed by atoms with Crippen molar-refractivity contribution in [3.05, 3.63) is 98.3 Å². The van der Waals surface area contributed by atoms with Gasteiger partial charge in [-0.1, -0.05) is 58.8 Å². The molecule has 1 aromatic heterocycles. The van der Waals surface area contributed by atoms with Crippen LogP contribution in [0.25, 0.3) is 0 Å². The summed E-state index contributed by atoms with van der Waals surface area (Å²) in [5, 5.41) is 7.37. The average molecular weight is 550 g/mol. The highest BCUT2D eigenvalue weighted by Crippen LogP contribution is 2.50. The van der Waals surface area contributed by atoms with Gasteiger partial charge in [0.05, 0.1) is 18.0 Å². The molecule has 1 N–H and O–H groups in total. The lowest BCUT2D eigenvalue weighted by atomic mass is 9.85. The van der Waals surface area contributed by atoms with Gasteiger partial charge in [-0.05, 0) is 60.7 Å². The van der Waals surface area contributed by atoms with E-state index >= 15 is 0 Å². The SMILES string of the molecule is FC(F)(F)C1(c2cc(Cl)cc(Cl)c2)CC(c2ccc(C(=S)NCc3ccccn3)c3c2CCC3)=NO1. The van der Waals surface area contributed by atoms with E-state index in [9.17, 15) is 13.2 Å². The number of hydrogen-bond acceptors (Lipinski definition) is 4. The molecule has 10 heteroatoms. The third kappa shape index (κ3) is 4.58. The molecule has 2 heterocycles. The van der Waals surface area contributed by atoms with Gasteiger partial charge in [0.25, 0.3) is 5.60 Å². The molecule has 5 rings (SSSR count). The Morgan fingerprint density at radius 1 is 1.06 bits per heavy atom. The normalized spacial score (nSPS) is 19.0. The molecule has 36 heavy (non-hydrogen) atoms. The van der Waals surface area contributed by atoms with Crippen LogP contribution in [-0.2, 0) is 29.8 Å². The molecule has 1 aliphatic carbocycles. The number of halogens is 5. The number of fused-ring (bicyclic) bond motifs is 1. The van der Waals surface area contributed by atoms with Crippen molar-refractivity contribution in [2.45, 2.75) is 44.0 Å². The van der Waals surface area contributed by atoms with Crippen molar-refractivity contribution < 1.29 is 18.0 Å². The van der Waals surface area contributed by atoms with Gasteiger partial charge in [-0.2, -0.15) is 13.2 Å². The maximum atomic E-state index is 14.4. The Balaban J connectivity index is 1.44. The topological polar surface area (TPSA) is 46.5 Å². The van der Waals surface area contributed by atoms with Crippen LogP contribution in [0.1, 0.15) is 46.4 Å². The second-order valence-corrected chi connectivity index (χ2v) is 10.0. The first-order chi connectivity index (χ1) is 17.2. The van der Waals surface area contributed by atoms with Gasteiger partial charge < -0.3 is 10.2 Å². The molecule has 1 unspecified atom stereocenters. The second-order valence-electron chi connectivity index (χ2n) is 8.76. The third-order valence-corrected chi connectivity index (χ3v) is 7.31. The van der Waals surface area contributed by atoms with Crippen LogP contribution >= 0.6 is 35.4 Å².